The molecule has 0 fully saturated rings. The fourth-order valence-corrected chi connectivity index (χ4v) is 4.43. The number of carbonyl (C=O) groups is 1. The first-order valence-electron chi connectivity index (χ1n) is 13.9. The number of hydrogen-bond acceptors (Lipinski definition) is 8. The Balaban J connectivity index is 1.66. The predicted molar refractivity (Wildman–Crippen MR) is 178 cm³/mol. The van der Waals surface area contributed by atoms with E-state index in [0.717, 1.165) is 40.3 Å². The minimum atomic E-state index is -4.77. The summed E-state index contributed by atoms with van der Waals surface area (Å²) in [6.07, 6.45) is -1.28. The first-order chi connectivity index (χ1) is 22.0. The van der Waals surface area contributed by atoms with Gasteiger partial charge in [0.25, 0.3) is 0 Å². The monoisotopic (exact) mass is 656 g/mol. The van der Waals surface area contributed by atoms with Gasteiger partial charge in [-0.2, -0.15) is 5.10 Å². The number of benzene rings is 3. The highest BCUT2D eigenvalue weighted by Crippen LogP contribution is 2.29. The lowest BCUT2D eigenvalue weighted by Gasteiger charge is -2.11. The standard InChI is InChI=1S/C31H35F3N8O3S/c1-20-15-26(44-3)16-21(2)28(20)41-30(46-18-27(43)37-14-4-13-35)42-40-17-22-5-7-23(8-6-22)29(36)39-19-38-24-9-11-25(12-10-24)45-31(32,33)34/h5-12,15-17,19H,4,13-14,18,35H2,1-3H3,(H,37,43)(H,41,42)(H2,36,38,39)/b40-17-. The molecule has 0 heterocycles. The minimum absolute atomic E-state index is 0.134. The molecule has 0 atom stereocenters. The SMILES string of the molecule is COc1cc(C)c(N=C(N/N=C\c2ccc(C(N)=NC=Nc3ccc(OC(F)(F)F)cc3)cc2)SCC(=O)NCCCN)c(C)c1. The molecule has 0 aliphatic carbocycles. The predicted octanol–water partition coefficient (Wildman–Crippen LogP) is 5.09. The van der Waals surface area contributed by atoms with Crippen molar-refractivity contribution < 1.29 is 27.4 Å². The van der Waals surface area contributed by atoms with Gasteiger partial charge >= 0.3 is 6.36 Å². The van der Waals surface area contributed by atoms with Crippen molar-refractivity contribution in [1.82, 2.24) is 10.7 Å². The van der Waals surface area contributed by atoms with Crippen molar-refractivity contribution in [2.24, 2.45) is 31.5 Å². The number of aryl methyl sites for hydroxylation is 2. The van der Waals surface area contributed by atoms with Crippen LogP contribution in [0.2, 0.25) is 0 Å². The Morgan fingerprint density at radius 3 is 2.30 bits per heavy atom. The lowest BCUT2D eigenvalue weighted by molar-refractivity contribution is -0.274. The van der Waals surface area contributed by atoms with E-state index in [0.29, 0.717) is 35.9 Å². The number of halogens is 3. The van der Waals surface area contributed by atoms with Gasteiger partial charge in [-0.25, -0.2) is 15.0 Å². The lowest BCUT2D eigenvalue weighted by Crippen LogP contribution is -2.28. The van der Waals surface area contributed by atoms with E-state index in [-0.39, 0.29) is 23.2 Å². The molecule has 1 amide bonds. The van der Waals surface area contributed by atoms with Crippen LogP contribution in [0.15, 0.2) is 80.7 Å². The summed E-state index contributed by atoms with van der Waals surface area (Å²) >= 11 is 1.21. The number of aliphatic imine (C=N–C) groups is 3. The zero-order chi connectivity index (χ0) is 33.5. The highest BCUT2D eigenvalue weighted by atomic mass is 32.2. The average Bonchev–Trinajstić information content (AvgIpc) is 3.01. The van der Waals surface area contributed by atoms with Crippen LogP contribution in [0.4, 0.5) is 24.5 Å². The average molecular weight is 657 g/mol. The summed E-state index contributed by atoms with van der Waals surface area (Å²) in [6.45, 7) is 4.85. The maximum atomic E-state index is 12.3. The van der Waals surface area contributed by atoms with Gasteiger partial charge in [0, 0.05) is 12.1 Å². The van der Waals surface area contributed by atoms with Crippen LogP contribution >= 0.6 is 11.8 Å². The summed E-state index contributed by atoms with van der Waals surface area (Å²) in [5, 5.41) is 7.56. The second-order valence-electron chi connectivity index (χ2n) is 9.60. The van der Waals surface area contributed by atoms with E-state index in [4.69, 9.17) is 21.2 Å². The molecule has 3 rings (SSSR count). The van der Waals surface area contributed by atoms with Crippen molar-refractivity contribution in [1.29, 1.82) is 0 Å². The molecular weight excluding hydrogens is 621 g/mol. The third-order valence-electron chi connectivity index (χ3n) is 6.01. The minimum Gasteiger partial charge on any atom is -0.497 e. The molecule has 0 aliphatic rings. The zero-order valence-corrected chi connectivity index (χ0v) is 26.3. The fraction of sp³-hybridized carbons (Fsp3) is 0.258. The van der Waals surface area contributed by atoms with Crippen LogP contribution in [-0.2, 0) is 4.79 Å². The maximum absolute atomic E-state index is 12.3. The number of hydrogen-bond donors (Lipinski definition) is 4. The van der Waals surface area contributed by atoms with Crippen LogP contribution in [0.1, 0.15) is 28.7 Å². The molecule has 0 bridgehead atoms. The number of alkyl halides is 3. The summed E-state index contributed by atoms with van der Waals surface area (Å²) in [5.41, 5.74) is 18.8. The van der Waals surface area contributed by atoms with Crippen LogP contribution in [0.5, 0.6) is 11.5 Å². The van der Waals surface area contributed by atoms with Crippen LogP contribution in [0.25, 0.3) is 0 Å². The van der Waals surface area contributed by atoms with E-state index in [1.807, 2.05) is 26.0 Å². The van der Waals surface area contributed by atoms with Crippen LogP contribution in [0, 0.1) is 13.8 Å². The smallest absolute Gasteiger partial charge is 0.497 e. The van der Waals surface area contributed by atoms with Gasteiger partial charge in [0.2, 0.25) is 5.91 Å². The molecule has 0 spiro atoms. The van der Waals surface area contributed by atoms with Gasteiger partial charge in [0.15, 0.2) is 5.17 Å². The second kappa shape index (κ2) is 17.6. The van der Waals surface area contributed by atoms with E-state index < -0.39 is 6.36 Å². The number of nitrogens with one attached hydrogen (secondary N) is 2. The normalized spacial score (nSPS) is 12.5. The molecular formula is C31H35F3N8O3S. The van der Waals surface area contributed by atoms with Crippen LogP contribution in [-0.4, -0.2) is 61.8 Å². The summed E-state index contributed by atoms with van der Waals surface area (Å²) in [6, 6.07) is 15.8. The molecule has 0 radical (unpaired) electrons. The van der Waals surface area contributed by atoms with Crippen LogP contribution < -0.4 is 31.7 Å². The molecule has 11 nitrogen and oxygen atoms in total. The molecule has 244 valence electrons. The largest absolute Gasteiger partial charge is 0.573 e. The van der Waals surface area contributed by atoms with Crippen molar-refractivity contribution in [3.8, 4) is 11.5 Å². The third-order valence-corrected chi connectivity index (χ3v) is 6.87. The Hall–Kier alpha value is -4.89. The highest BCUT2D eigenvalue weighted by molar-refractivity contribution is 8.14. The van der Waals surface area contributed by atoms with Crippen molar-refractivity contribution >= 4 is 52.6 Å². The summed E-state index contributed by atoms with van der Waals surface area (Å²) in [7, 11) is 1.60. The Kier molecular flexibility index (Phi) is 13.6. The Bertz CT molecular complexity index is 1550. The van der Waals surface area contributed by atoms with Gasteiger partial charge in [-0.15, -0.1) is 13.2 Å². The van der Waals surface area contributed by atoms with E-state index >= 15 is 0 Å². The molecule has 0 saturated heterocycles. The maximum Gasteiger partial charge on any atom is 0.573 e. The third kappa shape index (κ3) is 12.2. The number of thioether (sulfide) groups is 1. The molecule has 46 heavy (non-hydrogen) atoms. The van der Waals surface area contributed by atoms with Gasteiger partial charge in [-0.1, -0.05) is 36.0 Å². The number of nitrogens with zero attached hydrogens (tertiary/aromatic N) is 4. The Labute approximate surface area is 269 Å². The van der Waals surface area contributed by atoms with Gasteiger partial charge in [-0.3, -0.25) is 10.2 Å². The first kappa shape index (κ1) is 35.6. The molecule has 0 saturated carbocycles. The van der Waals surface area contributed by atoms with Gasteiger partial charge in [-0.05, 0) is 79.9 Å². The molecule has 0 aromatic heterocycles. The van der Waals surface area contributed by atoms with Crippen molar-refractivity contribution in [3.63, 3.8) is 0 Å². The summed E-state index contributed by atoms with van der Waals surface area (Å²) < 4.78 is 46.1. The summed E-state index contributed by atoms with van der Waals surface area (Å²) in [5.74, 6) is 0.549. The molecule has 0 unspecified atom stereocenters. The lowest BCUT2D eigenvalue weighted by atomic mass is 10.1. The number of amides is 1. The molecule has 15 heteroatoms. The second-order valence-corrected chi connectivity index (χ2v) is 10.6. The van der Waals surface area contributed by atoms with Crippen molar-refractivity contribution in [2.45, 2.75) is 26.6 Å². The fourth-order valence-electron chi connectivity index (χ4n) is 3.78. The molecule has 0 aliphatic heterocycles. The zero-order valence-electron chi connectivity index (χ0n) is 25.5. The van der Waals surface area contributed by atoms with E-state index in [2.05, 4.69) is 30.6 Å². The summed E-state index contributed by atoms with van der Waals surface area (Å²) in [4.78, 5) is 25.2. The number of hydrazone groups is 1. The Morgan fingerprint density at radius 1 is 1.02 bits per heavy atom. The number of ether oxygens (including phenoxy) is 2. The van der Waals surface area contributed by atoms with Crippen molar-refractivity contribution in [3.05, 3.63) is 82.9 Å². The Morgan fingerprint density at radius 2 is 1.70 bits per heavy atom. The first-order valence-corrected chi connectivity index (χ1v) is 14.9. The number of rotatable bonds is 13. The number of carbonyl (C=O) groups excluding carboxylic acids is 1. The number of amidine groups is 2. The molecule has 3 aromatic rings. The van der Waals surface area contributed by atoms with Crippen LogP contribution in [0.3, 0.4) is 0 Å². The van der Waals surface area contributed by atoms with E-state index in [9.17, 15) is 18.0 Å². The highest BCUT2D eigenvalue weighted by Gasteiger charge is 2.30. The number of methoxy groups -OCH3 is 1. The van der Waals surface area contributed by atoms with Gasteiger partial charge < -0.3 is 26.3 Å². The topological polar surface area (TPSA) is 161 Å². The van der Waals surface area contributed by atoms with Gasteiger partial charge in [0.05, 0.1) is 30.5 Å². The number of nitrogens with two attached hydrogens (primary N) is 2. The van der Waals surface area contributed by atoms with Gasteiger partial charge in [0.1, 0.15) is 23.7 Å². The molecule has 6 N–H and O–H groups in total. The van der Waals surface area contributed by atoms with E-state index in [1.165, 1.54) is 30.2 Å². The van der Waals surface area contributed by atoms with Crippen molar-refractivity contribution in [2.75, 3.05) is 26.0 Å². The quantitative estimate of drug-likeness (QED) is 0.0863. The van der Waals surface area contributed by atoms with E-state index in [1.54, 1.807) is 37.6 Å². The molecule has 3 aromatic carbocycles.